The fourth-order valence-electron chi connectivity index (χ4n) is 4.91. The van der Waals surface area contributed by atoms with E-state index in [0.29, 0.717) is 18.6 Å². The van der Waals surface area contributed by atoms with Gasteiger partial charge in [-0.15, -0.1) is 0 Å². The Balaban J connectivity index is 2.05. The zero-order valence-electron chi connectivity index (χ0n) is 14.8. The maximum atomic E-state index is 5.97. The first kappa shape index (κ1) is 14.9. The molecule has 1 aromatic rings. The normalized spacial score (nSPS) is 27.7. The van der Waals surface area contributed by atoms with Gasteiger partial charge in [0, 0.05) is 22.1 Å². The van der Waals surface area contributed by atoms with Crippen LogP contribution in [0, 0.1) is 5.92 Å². The first-order chi connectivity index (χ1) is 11.0. The largest absolute Gasteiger partial charge is 0.496 e. The molecule has 1 fully saturated rings. The average molecular weight is 314 g/mol. The van der Waals surface area contributed by atoms with E-state index in [9.17, 15) is 0 Å². The zero-order chi connectivity index (χ0) is 16.4. The quantitative estimate of drug-likeness (QED) is 0.767. The molecule has 3 aliphatic rings. The molecule has 0 spiro atoms. The molecule has 0 saturated heterocycles. The molecule has 0 aromatic heterocycles. The summed E-state index contributed by atoms with van der Waals surface area (Å²) in [5, 5.41) is 0. The van der Waals surface area contributed by atoms with Crippen LogP contribution in [0.3, 0.4) is 0 Å². The van der Waals surface area contributed by atoms with Crippen molar-refractivity contribution in [3.05, 3.63) is 22.3 Å². The van der Waals surface area contributed by atoms with E-state index < -0.39 is 0 Å². The van der Waals surface area contributed by atoms with Crippen LogP contribution in [0.2, 0.25) is 0 Å². The predicted molar refractivity (Wildman–Crippen MR) is 91.6 cm³/mol. The fourth-order valence-corrected chi connectivity index (χ4v) is 4.91. The minimum absolute atomic E-state index is 0.0631. The van der Waals surface area contributed by atoms with Crippen molar-refractivity contribution in [1.82, 2.24) is 0 Å². The van der Waals surface area contributed by atoms with Crippen LogP contribution in [0.5, 0.6) is 17.2 Å². The van der Waals surface area contributed by atoms with Crippen LogP contribution in [0.25, 0.3) is 6.08 Å². The van der Waals surface area contributed by atoms with E-state index in [0.717, 1.165) is 22.8 Å². The van der Waals surface area contributed by atoms with Crippen LogP contribution in [-0.4, -0.2) is 13.9 Å². The van der Waals surface area contributed by atoms with Crippen molar-refractivity contribution in [3.8, 4) is 17.2 Å². The molecule has 3 heteroatoms. The summed E-state index contributed by atoms with van der Waals surface area (Å²) < 4.78 is 17.7. The Kier molecular flexibility index (Phi) is 3.20. The molecule has 2 unspecified atom stereocenters. The highest BCUT2D eigenvalue weighted by molar-refractivity contribution is 5.82. The van der Waals surface area contributed by atoms with Gasteiger partial charge in [0.2, 0.25) is 6.79 Å². The van der Waals surface area contributed by atoms with Gasteiger partial charge in [0.15, 0.2) is 11.5 Å². The Morgan fingerprint density at radius 3 is 2.70 bits per heavy atom. The lowest BCUT2D eigenvalue weighted by atomic mass is 9.66. The van der Waals surface area contributed by atoms with Gasteiger partial charge in [0.25, 0.3) is 0 Å². The molecule has 1 saturated carbocycles. The zero-order valence-corrected chi connectivity index (χ0v) is 14.8. The molecule has 3 nitrogen and oxygen atoms in total. The highest BCUT2D eigenvalue weighted by atomic mass is 16.7. The summed E-state index contributed by atoms with van der Waals surface area (Å²) in [6.45, 7) is 9.41. The number of allylic oxidation sites excluding steroid dienone is 1. The van der Waals surface area contributed by atoms with Crippen molar-refractivity contribution in [2.45, 2.75) is 58.3 Å². The van der Waals surface area contributed by atoms with Gasteiger partial charge in [-0.2, -0.15) is 0 Å². The summed E-state index contributed by atoms with van der Waals surface area (Å²) >= 11 is 0. The summed E-state index contributed by atoms with van der Waals surface area (Å²) in [4.78, 5) is 0. The number of ether oxygens (including phenoxy) is 3. The Morgan fingerprint density at radius 1 is 1.26 bits per heavy atom. The molecule has 2 atom stereocenters. The third kappa shape index (κ3) is 1.82. The minimum Gasteiger partial charge on any atom is -0.496 e. The average Bonchev–Trinajstić information content (AvgIpc) is 3.08. The summed E-state index contributed by atoms with van der Waals surface area (Å²) in [5.74, 6) is 3.80. The molecule has 0 radical (unpaired) electrons. The number of methoxy groups -OCH3 is 1. The van der Waals surface area contributed by atoms with Crippen molar-refractivity contribution >= 4 is 6.08 Å². The van der Waals surface area contributed by atoms with Crippen molar-refractivity contribution in [1.29, 1.82) is 0 Å². The lowest BCUT2D eigenvalue weighted by Gasteiger charge is -2.38. The van der Waals surface area contributed by atoms with E-state index in [1.54, 1.807) is 7.11 Å². The molecule has 1 aromatic carbocycles. The Labute approximate surface area is 138 Å². The van der Waals surface area contributed by atoms with Crippen molar-refractivity contribution < 1.29 is 14.2 Å². The second-order valence-electron chi connectivity index (χ2n) is 7.68. The van der Waals surface area contributed by atoms with Crippen LogP contribution in [0.4, 0.5) is 0 Å². The molecule has 1 heterocycles. The number of hydrogen-bond donors (Lipinski definition) is 0. The third-order valence-electron chi connectivity index (χ3n) is 5.96. The van der Waals surface area contributed by atoms with Crippen molar-refractivity contribution in [3.63, 3.8) is 0 Å². The molecular weight excluding hydrogens is 288 g/mol. The van der Waals surface area contributed by atoms with E-state index in [4.69, 9.17) is 14.2 Å². The Morgan fingerprint density at radius 2 is 2.00 bits per heavy atom. The monoisotopic (exact) mass is 314 g/mol. The SMILES string of the molecule is COc1c2c(c3c(c1C(C)C)OCO3)C1(C)CCCC(C)C1=C2. The first-order valence-corrected chi connectivity index (χ1v) is 8.75. The summed E-state index contributed by atoms with van der Waals surface area (Å²) in [7, 11) is 1.77. The Bertz CT molecular complexity index is 702. The summed E-state index contributed by atoms with van der Waals surface area (Å²) in [5.41, 5.74) is 5.27. The van der Waals surface area contributed by atoms with E-state index in [2.05, 4.69) is 33.8 Å². The summed E-state index contributed by atoms with van der Waals surface area (Å²) in [6, 6.07) is 0. The predicted octanol–water partition coefficient (Wildman–Crippen LogP) is 5.02. The molecule has 1 aliphatic heterocycles. The highest BCUT2D eigenvalue weighted by Crippen LogP contribution is 2.61. The van der Waals surface area contributed by atoms with Crippen LogP contribution in [0.1, 0.15) is 69.6 Å². The highest BCUT2D eigenvalue weighted by Gasteiger charge is 2.47. The first-order valence-electron chi connectivity index (χ1n) is 8.75. The molecule has 0 N–H and O–H groups in total. The third-order valence-corrected chi connectivity index (χ3v) is 5.96. The number of hydrogen-bond acceptors (Lipinski definition) is 3. The van der Waals surface area contributed by atoms with Crippen molar-refractivity contribution in [2.24, 2.45) is 5.92 Å². The lowest BCUT2D eigenvalue weighted by molar-refractivity contribution is 0.171. The van der Waals surface area contributed by atoms with Gasteiger partial charge in [0.05, 0.1) is 7.11 Å². The smallest absolute Gasteiger partial charge is 0.231 e. The maximum absolute atomic E-state index is 5.97. The standard InChI is InChI=1S/C20H26O3/c1-11(2)15-17(21-5)13-9-14-12(3)7-6-8-20(14,4)16(13)19-18(15)22-10-23-19/h9,11-12H,6-8,10H2,1-5H3. The second-order valence-corrected chi connectivity index (χ2v) is 7.68. The van der Waals surface area contributed by atoms with Gasteiger partial charge in [-0.3, -0.25) is 0 Å². The second kappa shape index (κ2) is 4.93. The minimum atomic E-state index is 0.0631. The number of rotatable bonds is 2. The Hall–Kier alpha value is -1.64. The van der Waals surface area contributed by atoms with Gasteiger partial charge >= 0.3 is 0 Å². The van der Waals surface area contributed by atoms with Gasteiger partial charge in [-0.25, -0.2) is 0 Å². The summed E-state index contributed by atoms with van der Waals surface area (Å²) in [6.07, 6.45) is 6.09. The molecule has 4 rings (SSSR count). The van der Waals surface area contributed by atoms with Crippen LogP contribution < -0.4 is 14.2 Å². The van der Waals surface area contributed by atoms with Gasteiger partial charge in [-0.1, -0.05) is 45.8 Å². The molecule has 0 bridgehead atoms. The molecule has 23 heavy (non-hydrogen) atoms. The van der Waals surface area contributed by atoms with Gasteiger partial charge in [0.1, 0.15) is 5.75 Å². The van der Waals surface area contributed by atoms with Crippen LogP contribution in [-0.2, 0) is 5.41 Å². The molecule has 124 valence electrons. The van der Waals surface area contributed by atoms with Crippen molar-refractivity contribution in [2.75, 3.05) is 13.9 Å². The van der Waals surface area contributed by atoms with Crippen LogP contribution >= 0.6 is 0 Å². The number of benzene rings is 1. The molecular formula is C20H26O3. The molecule has 0 amide bonds. The van der Waals surface area contributed by atoms with Gasteiger partial charge in [-0.05, 0) is 24.7 Å². The lowest BCUT2D eigenvalue weighted by Crippen LogP contribution is -2.30. The van der Waals surface area contributed by atoms with E-state index >= 15 is 0 Å². The van der Waals surface area contributed by atoms with E-state index in [1.807, 2.05) is 0 Å². The fraction of sp³-hybridized carbons (Fsp3) is 0.600. The topological polar surface area (TPSA) is 27.7 Å². The van der Waals surface area contributed by atoms with E-state index in [1.165, 1.54) is 36.0 Å². The van der Waals surface area contributed by atoms with Crippen LogP contribution in [0.15, 0.2) is 5.57 Å². The van der Waals surface area contributed by atoms with E-state index in [-0.39, 0.29) is 5.41 Å². The molecule has 2 aliphatic carbocycles. The number of fused-ring (bicyclic) bond motifs is 5. The van der Waals surface area contributed by atoms with Gasteiger partial charge < -0.3 is 14.2 Å². The maximum Gasteiger partial charge on any atom is 0.231 e.